The molecule has 1 fully saturated rings. The van der Waals surface area contributed by atoms with Crippen LogP contribution in [-0.2, 0) is 10.0 Å². The molecule has 1 saturated heterocycles. The van der Waals surface area contributed by atoms with Gasteiger partial charge >= 0.3 is 12.1 Å². The molecule has 1 aliphatic heterocycles. The second kappa shape index (κ2) is 5.24. The normalized spacial score (nSPS) is 17.3. The first-order valence-corrected chi connectivity index (χ1v) is 7.80. The zero-order valence-electron chi connectivity index (χ0n) is 11.8. The van der Waals surface area contributed by atoms with E-state index in [0.29, 0.717) is 15.4 Å². The van der Waals surface area contributed by atoms with E-state index in [0.717, 1.165) is 6.07 Å². The van der Waals surface area contributed by atoms with Crippen molar-refractivity contribution in [3.8, 4) is 0 Å². The van der Waals surface area contributed by atoms with Crippen LogP contribution in [-0.4, -0.2) is 43.1 Å². The molecule has 5 nitrogen and oxygen atoms in total. The van der Waals surface area contributed by atoms with E-state index in [4.69, 9.17) is 5.11 Å². The predicted molar refractivity (Wildman–Crippen MR) is 71.2 cm³/mol. The fourth-order valence-electron chi connectivity index (χ4n) is 2.32. The van der Waals surface area contributed by atoms with E-state index >= 15 is 0 Å². The molecule has 0 saturated carbocycles. The number of halogens is 3. The van der Waals surface area contributed by atoms with Gasteiger partial charge in [-0.25, -0.2) is 13.2 Å². The maximum Gasteiger partial charge on any atom is 0.394 e. The predicted octanol–water partition coefficient (Wildman–Crippen LogP) is 2.18. The van der Waals surface area contributed by atoms with Crippen molar-refractivity contribution >= 4 is 16.0 Å². The Morgan fingerprint density at radius 3 is 2.23 bits per heavy atom. The topological polar surface area (TPSA) is 74.7 Å². The summed E-state index contributed by atoms with van der Waals surface area (Å²) in [4.78, 5) is 10.8. The van der Waals surface area contributed by atoms with Crippen molar-refractivity contribution in [2.45, 2.75) is 24.9 Å². The molecule has 0 atom stereocenters. The molecule has 1 heterocycles. The van der Waals surface area contributed by atoms with E-state index < -0.39 is 41.2 Å². The Bertz CT molecular complexity index is 722. The van der Waals surface area contributed by atoms with Gasteiger partial charge < -0.3 is 5.11 Å². The lowest BCUT2D eigenvalue weighted by Crippen LogP contribution is -2.55. The molecule has 122 valence electrons. The van der Waals surface area contributed by atoms with Crippen molar-refractivity contribution in [1.82, 2.24) is 4.31 Å². The first kappa shape index (κ1) is 16.8. The second-order valence-corrected chi connectivity index (χ2v) is 7.20. The number of carboxylic acid groups (broad SMARTS) is 1. The maximum absolute atomic E-state index is 12.5. The van der Waals surface area contributed by atoms with Gasteiger partial charge in [0.15, 0.2) is 0 Å². The highest BCUT2D eigenvalue weighted by atomic mass is 32.2. The first-order valence-electron chi connectivity index (χ1n) is 6.36. The zero-order chi connectivity index (χ0) is 16.9. The van der Waals surface area contributed by atoms with Gasteiger partial charge in [0.1, 0.15) is 0 Å². The van der Waals surface area contributed by atoms with Gasteiger partial charge in [-0.2, -0.15) is 17.5 Å². The minimum atomic E-state index is -4.43. The van der Waals surface area contributed by atoms with Crippen LogP contribution in [0.2, 0.25) is 0 Å². The van der Waals surface area contributed by atoms with Crippen LogP contribution in [0.15, 0.2) is 17.0 Å². The number of aromatic carboxylic acids is 1. The molecule has 0 aromatic heterocycles. The molecular formula is C13H14F3NO4S. The van der Waals surface area contributed by atoms with Crippen LogP contribution in [0, 0.1) is 19.8 Å². The van der Waals surface area contributed by atoms with Crippen LogP contribution in [0.4, 0.5) is 13.2 Å². The Hall–Kier alpha value is -1.61. The van der Waals surface area contributed by atoms with E-state index in [1.54, 1.807) is 0 Å². The molecule has 1 aromatic carbocycles. The number of hydrogen-bond donors (Lipinski definition) is 1. The summed E-state index contributed by atoms with van der Waals surface area (Å²) >= 11 is 0. The van der Waals surface area contributed by atoms with Crippen LogP contribution in [0.3, 0.4) is 0 Å². The standard InChI is InChI=1S/C13H14F3NO4S/c1-7-3-8(2)11(4-10(7)12(18)19)22(20,21)17-5-9(6-17)13(14,15)16/h3-4,9H,5-6H2,1-2H3,(H,18,19). The molecule has 0 amide bonds. The summed E-state index contributed by atoms with van der Waals surface area (Å²) in [5, 5.41) is 9.05. The molecule has 0 unspecified atom stereocenters. The van der Waals surface area contributed by atoms with Crippen molar-refractivity contribution in [1.29, 1.82) is 0 Å². The molecular weight excluding hydrogens is 323 g/mol. The third kappa shape index (κ3) is 2.82. The summed E-state index contributed by atoms with van der Waals surface area (Å²) in [6.45, 7) is 1.73. The van der Waals surface area contributed by atoms with E-state index in [9.17, 15) is 26.4 Å². The Balaban J connectivity index is 2.36. The number of rotatable bonds is 3. The second-order valence-electron chi connectivity index (χ2n) is 5.30. The summed E-state index contributed by atoms with van der Waals surface area (Å²) in [6, 6.07) is 2.40. The van der Waals surface area contributed by atoms with Crippen molar-refractivity contribution in [3.05, 3.63) is 28.8 Å². The average molecular weight is 337 g/mol. The first-order chi connectivity index (χ1) is 9.94. The largest absolute Gasteiger partial charge is 0.478 e. The van der Waals surface area contributed by atoms with E-state index in [-0.39, 0.29) is 10.5 Å². The highest BCUT2D eigenvalue weighted by Crippen LogP contribution is 2.37. The minimum absolute atomic E-state index is 0.183. The molecule has 0 spiro atoms. The summed E-state index contributed by atoms with van der Waals surface area (Å²) in [5.74, 6) is -2.96. The molecule has 9 heteroatoms. The van der Waals surface area contributed by atoms with Crippen LogP contribution < -0.4 is 0 Å². The highest BCUT2D eigenvalue weighted by Gasteiger charge is 2.51. The third-order valence-electron chi connectivity index (χ3n) is 3.68. The monoisotopic (exact) mass is 337 g/mol. The molecule has 1 aliphatic rings. The van der Waals surface area contributed by atoms with Crippen LogP contribution in [0.25, 0.3) is 0 Å². The van der Waals surface area contributed by atoms with Gasteiger partial charge in [0.25, 0.3) is 0 Å². The van der Waals surface area contributed by atoms with Gasteiger partial charge in [0.2, 0.25) is 10.0 Å². The molecule has 0 aliphatic carbocycles. The zero-order valence-corrected chi connectivity index (χ0v) is 12.6. The summed E-state index contributed by atoms with van der Waals surface area (Å²) in [6.07, 6.45) is -4.43. The van der Waals surface area contributed by atoms with Gasteiger partial charge in [0, 0.05) is 13.1 Å². The van der Waals surface area contributed by atoms with E-state index in [2.05, 4.69) is 0 Å². The van der Waals surface area contributed by atoms with Crippen molar-refractivity contribution in [2.24, 2.45) is 5.92 Å². The lowest BCUT2D eigenvalue weighted by atomic mass is 10.0. The number of alkyl halides is 3. The van der Waals surface area contributed by atoms with Crippen LogP contribution in [0.1, 0.15) is 21.5 Å². The molecule has 1 N–H and O–H groups in total. The van der Waals surface area contributed by atoms with Gasteiger partial charge in [-0.05, 0) is 31.0 Å². The number of sulfonamides is 1. The smallest absolute Gasteiger partial charge is 0.394 e. The SMILES string of the molecule is Cc1cc(C)c(S(=O)(=O)N2CC(C(F)(F)F)C2)cc1C(=O)O. The average Bonchev–Trinajstić information content (AvgIpc) is 2.22. The number of nitrogens with zero attached hydrogens (tertiary/aromatic N) is 1. The van der Waals surface area contributed by atoms with Crippen LogP contribution >= 0.6 is 0 Å². The fourth-order valence-corrected chi connectivity index (χ4v) is 4.08. The third-order valence-corrected chi connectivity index (χ3v) is 5.65. The fraction of sp³-hybridized carbons (Fsp3) is 0.462. The molecule has 0 bridgehead atoms. The Labute approximate surface area is 125 Å². The quantitative estimate of drug-likeness (QED) is 0.917. The minimum Gasteiger partial charge on any atom is -0.478 e. The number of hydrogen-bond acceptors (Lipinski definition) is 3. The van der Waals surface area contributed by atoms with Gasteiger partial charge in [-0.1, -0.05) is 6.07 Å². The van der Waals surface area contributed by atoms with Crippen molar-refractivity contribution < 1.29 is 31.5 Å². The van der Waals surface area contributed by atoms with Gasteiger partial charge in [-0.15, -0.1) is 0 Å². The maximum atomic E-state index is 12.5. The van der Waals surface area contributed by atoms with Gasteiger partial charge in [-0.3, -0.25) is 0 Å². The number of benzene rings is 1. The lowest BCUT2D eigenvalue weighted by molar-refractivity contribution is -0.198. The van der Waals surface area contributed by atoms with Crippen LogP contribution in [0.5, 0.6) is 0 Å². The van der Waals surface area contributed by atoms with Gasteiger partial charge in [0.05, 0.1) is 16.4 Å². The van der Waals surface area contributed by atoms with E-state index in [1.807, 2.05) is 0 Å². The Morgan fingerprint density at radius 2 is 1.77 bits per heavy atom. The number of carbonyl (C=O) groups is 1. The Kier molecular flexibility index (Phi) is 3.99. The van der Waals surface area contributed by atoms with Crippen molar-refractivity contribution in [2.75, 3.05) is 13.1 Å². The molecule has 22 heavy (non-hydrogen) atoms. The number of aryl methyl sites for hydroxylation is 2. The summed E-state index contributed by atoms with van der Waals surface area (Å²) in [5.41, 5.74) is 0.510. The molecule has 0 radical (unpaired) electrons. The lowest BCUT2D eigenvalue weighted by Gasteiger charge is -2.39. The van der Waals surface area contributed by atoms with Crippen molar-refractivity contribution in [3.63, 3.8) is 0 Å². The molecule has 2 rings (SSSR count). The van der Waals surface area contributed by atoms with E-state index in [1.165, 1.54) is 19.9 Å². The molecule has 1 aromatic rings. The summed E-state index contributed by atoms with van der Waals surface area (Å²) < 4.78 is 62.8. The highest BCUT2D eigenvalue weighted by molar-refractivity contribution is 7.89. The Morgan fingerprint density at radius 1 is 1.23 bits per heavy atom. The summed E-state index contributed by atoms with van der Waals surface area (Å²) in [7, 11) is -4.13. The number of carboxylic acids is 1.